The van der Waals surface area contributed by atoms with E-state index < -0.39 is 27.9 Å². The highest BCUT2D eigenvalue weighted by molar-refractivity contribution is 6.04. The Bertz CT molecular complexity index is 976. The van der Waals surface area contributed by atoms with Crippen molar-refractivity contribution < 1.29 is 18.2 Å². The first-order chi connectivity index (χ1) is 15.2. The van der Waals surface area contributed by atoms with E-state index in [9.17, 15) is 18.8 Å². The minimum Gasteiger partial charge on any atom is -0.633 e. The molecule has 1 aliphatic rings. The van der Waals surface area contributed by atoms with Crippen LogP contribution in [0.1, 0.15) is 43.7 Å². The van der Waals surface area contributed by atoms with E-state index in [1.807, 2.05) is 37.3 Å². The molecular weight excluding hydrogens is 414 g/mol. The van der Waals surface area contributed by atoms with Crippen molar-refractivity contribution in [2.75, 3.05) is 27.2 Å². The summed E-state index contributed by atoms with van der Waals surface area (Å²) in [6.07, 6.45) is 2.10. The minimum atomic E-state index is -0.866. The second-order valence-corrected chi connectivity index (χ2v) is 8.65. The van der Waals surface area contributed by atoms with Crippen LogP contribution in [0.5, 0.6) is 0 Å². The van der Waals surface area contributed by atoms with Crippen LogP contribution in [0.2, 0.25) is 0 Å². The molecule has 0 spiro atoms. The predicted molar refractivity (Wildman–Crippen MR) is 121 cm³/mol. The number of hydrogen-bond donors (Lipinski definition) is 1. The highest BCUT2D eigenvalue weighted by Gasteiger charge is 2.47. The summed E-state index contributed by atoms with van der Waals surface area (Å²) in [5, 5.41) is 20.6. The molecule has 0 bridgehead atoms. The molecule has 8 heteroatoms. The maximum absolute atomic E-state index is 14.6. The SMILES string of the molecule is CCNC(=O)N1N=C(c2cc(F)ccc2F)CC1(CCCC[N+](C)(C)[O-])c1ccccc1. The van der Waals surface area contributed by atoms with E-state index in [1.165, 1.54) is 5.01 Å². The van der Waals surface area contributed by atoms with Crippen molar-refractivity contribution in [3.63, 3.8) is 0 Å². The van der Waals surface area contributed by atoms with E-state index in [-0.39, 0.29) is 12.0 Å². The fraction of sp³-hybridized carbons (Fsp3) is 0.417. The number of carbonyl (C=O) groups excluding carboxylic acids is 1. The summed E-state index contributed by atoms with van der Waals surface area (Å²) < 4.78 is 28.1. The van der Waals surface area contributed by atoms with Gasteiger partial charge in [0.1, 0.15) is 11.6 Å². The molecule has 2 amide bonds. The number of hydroxylamine groups is 3. The number of amides is 2. The van der Waals surface area contributed by atoms with Crippen LogP contribution in [0.4, 0.5) is 13.6 Å². The van der Waals surface area contributed by atoms with Gasteiger partial charge in [0.2, 0.25) is 0 Å². The summed E-state index contributed by atoms with van der Waals surface area (Å²) in [5.74, 6) is -1.16. The maximum Gasteiger partial charge on any atom is 0.338 e. The number of halogens is 2. The largest absolute Gasteiger partial charge is 0.633 e. The number of carbonyl (C=O) groups is 1. The summed E-state index contributed by atoms with van der Waals surface area (Å²) in [7, 11) is 3.19. The number of hydrogen-bond acceptors (Lipinski definition) is 3. The second-order valence-electron chi connectivity index (χ2n) is 8.65. The van der Waals surface area contributed by atoms with Crippen LogP contribution >= 0.6 is 0 Å². The lowest BCUT2D eigenvalue weighted by Gasteiger charge is -2.38. The van der Waals surface area contributed by atoms with Gasteiger partial charge >= 0.3 is 6.03 Å². The number of benzene rings is 2. The number of unbranched alkanes of at least 4 members (excludes halogenated alkanes) is 1. The number of urea groups is 1. The van der Waals surface area contributed by atoms with E-state index in [0.29, 0.717) is 38.1 Å². The zero-order valence-electron chi connectivity index (χ0n) is 18.8. The van der Waals surface area contributed by atoms with Crippen molar-refractivity contribution in [2.45, 2.75) is 38.1 Å². The third kappa shape index (κ3) is 5.31. The number of quaternary nitrogens is 1. The molecule has 1 heterocycles. The zero-order chi connectivity index (χ0) is 23.4. The van der Waals surface area contributed by atoms with Gasteiger partial charge in [-0.3, -0.25) is 0 Å². The topological polar surface area (TPSA) is 67.8 Å². The molecule has 32 heavy (non-hydrogen) atoms. The molecule has 2 aromatic carbocycles. The van der Waals surface area contributed by atoms with E-state index >= 15 is 0 Å². The number of nitrogens with zero attached hydrogens (tertiary/aromatic N) is 3. The zero-order valence-corrected chi connectivity index (χ0v) is 18.8. The van der Waals surface area contributed by atoms with Crippen molar-refractivity contribution in [1.29, 1.82) is 0 Å². The normalized spacial score (nSPS) is 18.6. The highest BCUT2D eigenvalue weighted by Crippen LogP contribution is 2.43. The molecule has 0 aromatic heterocycles. The van der Waals surface area contributed by atoms with Gasteiger partial charge in [0.25, 0.3) is 0 Å². The van der Waals surface area contributed by atoms with E-state index in [1.54, 1.807) is 14.1 Å². The maximum atomic E-state index is 14.6. The molecule has 3 rings (SSSR count). The van der Waals surface area contributed by atoms with Crippen LogP contribution in [0.3, 0.4) is 0 Å². The summed E-state index contributed by atoms with van der Waals surface area (Å²) in [4.78, 5) is 13.0. The molecular formula is C24H30F2N4O2. The van der Waals surface area contributed by atoms with Crippen LogP contribution in [0.15, 0.2) is 53.6 Å². The van der Waals surface area contributed by atoms with Crippen molar-refractivity contribution in [3.8, 4) is 0 Å². The Labute approximate surface area is 187 Å². The minimum absolute atomic E-state index is 0.0504. The van der Waals surface area contributed by atoms with Gasteiger partial charge in [-0.1, -0.05) is 30.3 Å². The standard InChI is InChI=1S/C24H30F2N4O2/c1-4-27-23(31)29-24(18-10-6-5-7-11-18,14-8-9-15-30(2,3)32)17-22(28-29)20-16-19(25)12-13-21(20)26/h5-7,10-13,16H,4,8-9,14-15,17H2,1-3H3,(H,27,31). The van der Waals surface area contributed by atoms with Crippen molar-refractivity contribution >= 4 is 11.7 Å². The van der Waals surface area contributed by atoms with Gasteiger partial charge in [0, 0.05) is 18.5 Å². The van der Waals surface area contributed by atoms with Gasteiger partial charge in [-0.05, 0) is 49.9 Å². The van der Waals surface area contributed by atoms with Crippen LogP contribution < -0.4 is 5.32 Å². The number of nitrogens with one attached hydrogen (secondary N) is 1. The lowest BCUT2D eigenvalue weighted by Crippen LogP contribution is -2.48. The van der Waals surface area contributed by atoms with Crippen LogP contribution in [0, 0.1) is 16.8 Å². The molecule has 1 atom stereocenters. The van der Waals surface area contributed by atoms with Crippen LogP contribution in [-0.2, 0) is 5.54 Å². The van der Waals surface area contributed by atoms with Gasteiger partial charge in [0.15, 0.2) is 0 Å². The second kappa shape index (κ2) is 9.75. The number of hydrazone groups is 1. The average Bonchev–Trinajstić information content (AvgIpc) is 3.14. The molecule has 0 fully saturated rings. The van der Waals surface area contributed by atoms with Crippen LogP contribution in [-0.4, -0.2) is 48.6 Å². The van der Waals surface area contributed by atoms with Crippen LogP contribution in [0.25, 0.3) is 0 Å². The first-order valence-electron chi connectivity index (χ1n) is 10.9. The van der Waals surface area contributed by atoms with Crippen molar-refractivity contribution in [3.05, 3.63) is 76.5 Å². The van der Waals surface area contributed by atoms with E-state index in [0.717, 1.165) is 23.8 Å². The molecule has 1 aliphatic heterocycles. The van der Waals surface area contributed by atoms with E-state index in [4.69, 9.17) is 0 Å². The Balaban J connectivity index is 2.02. The van der Waals surface area contributed by atoms with Gasteiger partial charge in [-0.15, -0.1) is 0 Å². The van der Waals surface area contributed by atoms with Gasteiger partial charge in [-0.2, -0.15) is 5.10 Å². The molecule has 0 aliphatic carbocycles. The quantitative estimate of drug-likeness (QED) is 0.363. The van der Waals surface area contributed by atoms with Crippen molar-refractivity contribution in [2.24, 2.45) is 5.10 Å². The molecule has 0 radical (unpaired) electrons. The Kier molecular flexibility index (Phi) is 7.26. The van der Waals surface area contributed by atoms with E-state index in [2.05, 4.69) is 10.4 Å². The lowest BCUT2D eigenvalue weighted by molar-refractivity contribution is -0.840. The summed E-state index contributed by atoms with van der Waals surface area (Å²) in [6, 6.07) is 12.3. The van der Waals surface area contributed by atoms with Gasteiger partial charge in [0.05, 0.1) is 31.9 Å². The smallest absolute Gasteiger partial charge is 0.338 e. The lowest BCUT2D eigenvalue weighted by atomic mass is 9.80. The predicted octanol–water partition coefficient (Wildman–Crippen LogP) is 4.74. The monoisotopic (exact) mass is 444 g/mol. The fourth-order valence-corrected chi connectivity index (χ4v) is 4.16. The molecule has 0 saturated heterocycles. The molecule has 6 nitrogen and oxygen atoms in total. The molecule has 1 N–H and O–H groups in total. The average molecular weight is 445 g/mol. The van der Waals surface area contributed by atoms with Crippen molar-refractivity contribution in [1.82, 2.24) is 10.3 Å². The molecule has 2 aromatic rings. The molecule has 0 saturated carbocycles. The fourth-order valence-electron chi connectivity index (χ4n) is 4.16. The van der Waals surface area contributed by atoms with Gasteiger partial charge < -0.3 is 15.2 Å². The Morgan fingerprint density at radius 2 is 1.91 bits per heavy atom. The third-order valence-electron chi connectivity index (χ3n) is 5.69. The highest BCUT2D eigenvalue weighted by atomic mass is 19.1. The first-order valence-corrected chi connectivity index (χ1v) is 10.9. The molecule has 172 valence electrons. The molecule has 1 unspecified atom stereocenters. The summed E-state index contributed by atoms with van der Waals surface area (Å²) in [6.45, 7) is 2.66. The Morgan fingerprint density at radius 1 is 1.19 bits per heavy atom. The summed E-state index contributed by atoms with van der Waals surface area (Å²) >= 11 is 0. The summed E-state index contributed by atoms with van der Waals surface area (Å²) in [5.41, 5.74) is 0.360. The third-order valence-corrected chi connectivity index (χ3v) is 5.69. The Hall–Kier alpha value is -2.84. The number of rotatable bonds is 8. The van der Waals surface area contributed by atoms with Gasteiger partial charge in [-0.25, -0.2) is 18.6 Å². The first kappa shape index (κ1) is 23.8. The Morgan fingerprint density at radius 3 is 2.56 bits per heavy atom.